The van der Waals surface area contributed by atoms with Gasteiger partial charge in [-0.1, -0.05) is 17.6 Å². The Kier molecular flexibility index (Phi) is 2.83. The molecule has 88 valence electrons. The fourth-order valence-corrected chi connectivity index (χ4v) is 2.04. The van der Waals surface area contributed by atoms with Crippen LogP contribution in [0, 0.1) is 0 Å². The Labute approximate surface area is 99.3 Å². The summed E-state index contributed by atoms with van der Waals surface area (Å²) in [5, 5.41) is 7.36. The monoisotopic (exact) mass is 230 g/mol. The van der Waals surface area contributed by atoms with E-state index in [-0.39, 0.29) is 6.04 Å². The molecule has 1 fully saturated rings. The van der Waals surface area contributed by atoms with Crippen LogP contribution in [-0.4, -0.2) is 21.7 Å². The zero-order valence-corrected chi connectivity index (χ0v) is 9.47. The van der Waals surface area contributed by atoms with Crippen molar-refractivity contribution in [1.82, 2.24) is 20.4 Å². The van der Waals surface area contributed by atoms with Crippen LogP contribution in [-0.2, 0) is 0 Å². The zero-order chi connectivity index (χ0) is 11.5. The van der Waals surface area contributed by atoms with Gasteiger partial charge in [0.1, 0.15) is 5.69 Å². The summed E-state index contributed by atoms with van der Waals surface area (Å²) >= 11 is 0. The van der Waals surface area contributed by atoms with E-state index in [1.165, 1.54) is 12.8 Å². The number of piperidine rings is 1. The Bertz CT molecular complexity index is 476. The SMILES string of the molecule is c1ccc(-c2noc([C@@H]3CCCCN3)n2)nc1. The van der Waals surface area contributed by atoms with Gasteiger partial charge in [0.25, 0.3) is 0 Å². The fraction of sp³-hybridized carbons (Fsp3) is 0.417. The normalized spacial score (nSPS) is 20.4. The second kappa shape index (κ2) is 4.63. The van der Waals surface area contributed by atoms with Gasteiger partial charge in [0, 0.05) is 6.20 Å². The summed E-state index contributed by atoms with van der Waals surface area (Å²) in [6.45, 7) is 1.02. The summed E-state index contributed by atoms with van der Waals surface area (Å²) in [6, 6.07) is 5.86. The van der Waals surface area contributed by atoms with Crippen molar-refractivity contribution in [3.8, 4) is 11.5 Å². The smallest absolute Gasteiger partial charge is 0.244 e. The first-order chi connectivity index (χ1) is 8.43. The van der Waals surface area contributed by atoms with Crippen LogP contribution in [0.3, 0.4) is 0 Å². The maximum absolute atomic E-state index is 5.29. The standard InChI is InChI=1S/C12H14N4O/c1-3-7-13-9(5-1)11-15-12(17-16-11)10-6-2-4-8-14-10/h1,3,5,7,10,14H,2,4,6,8H2/t10-/m0/s1. The second-order valence-corrected chi connectivity index (χ2v) is 4.17. The van der Waals surface area contributed by atoms with Crippen molar-refractivity contribution < 1.29 is 4.52 Å². The first kappa shape index (κ1) is 10.4. The molecule has 17 heavy (non-hydrogen) atoms. The summed E-state index contributed by atoms with van der Waals surface area (Å²) in [7, 11) is 0. The summed E-state index contributed by atoms with van der Waals surface area (Å²) in [5.74, 6) is 1.23. The van der Waals surface area contributed by atoms with Crippen molar-refractivity contribution in [3.05, 3.63) is 30.3 Å². The topological polar surface area (TPSA) is 63.8 Å². The maximum atomic E-state index is 5.29. The number of nitrogens with one attached hydrogen (secondary N) is 1. The van der Waals surface area contributed by atoms with Crippen molar-refractivity contribution >= 4 is 0 Å². The van der Waals surface area contributed by atoms with Crippen LogP contribution >= 0.6 is 0 Å². The Morgan fingerprint density at radius 1 is 1.29 bits per heavy atom. The van der Waals surface area contributed by atoms with Crippen LogP contribution < -0.4 is 5.32 Å². The van der Waals surface area contributed by atoms with E-state index in [1.54, 1.807) is 6.20 Å². The Morgan fingerprint density at radius 2 is 2.29 bits per heavy atom. The highest BCUT2D eigenvalue weighted by atomic mass is 16.5. The van der Waals surface area contributed by atoms with Crippen molar-refractivity contribution in [3.63, 3.8) is 0 Å². The van der Waals surface area contributed by atoms with Crippen LogP contribution in [0.5, 0.6) is 0 Å². The van der Waals surface area contributed by atoms with Crippen molar-refractivity contribution in [2.45, 2.75) is 25.3 Å². The Balaban J connectivity index is 1.83. The highest BCUT2D eigenvalue weighted by molar-refractivity contribution is 5.47. The van der Waals surface area contributed by atoms with Crippen LogP contribution in [0.2, 0.25) is 0 Å². The van der Waals surface area contributed by atoms with Crippen LogP contribution in [0.25, 0.3) is 11.5 Å². The van der Waals surface area contributed by atoms with Crippen molar-refractivity contribution in [2.75, 3.05) is 6.54 Å². The molecule has 5 nitrogen and oxygen atoms in total. The molecule has 0 spiro atoms. The lowest BCUT2D eigenvalue weighted by atomic mass is 10.1. The lowest BCUT2D eigenvalue weighted by Crippen LogP contribution is -2.26. The number of hydrogen-bond acceptors (Lipinski definition) is 5. The Hall–Kier alpha value is -1.75. The van der Waals surface area contributed by atoms with E-state index in [2.05, 4.69) is 20.4 Å². The minimum absolute atomic E-state index is 0.203. The van der Waals surface area contributed by atoms with Gasteiger partial charge < -0.3 is 9.84 Å². The number of pyridine rings is 1. The highest BCUT2D eigenvalue weighted by Gasteiger charge is 2.21. The van der Waals surface area contributed by atoms with E-state index in [1.807, 2.05) is 18.2 Å². The fourth-order valence-electron chi connectivity index (χ4n) is 2.04. The minimum Gasteiger partial charge on any atom is -0.337 e. The van der Waals surface area contributed by atoms with Gasteiger partial charge >= 0.3 is 0 Å². The van der Waals surface area contributed by atoms with E-state index in [0.717, 1.165) is 18.7 Å². The number of nitrogens with zero attached hydrogens (tertiary/aromatic N) is 3. The lowest BCUT2D eigenvalue weighted by molar-refractivity contribution is 0.297. The largest absolute Gasteiger partial charge is 0.337 e. The van der Waals surface area contributed by atoms with Gasteiger partial charge in [0.2, 0.25) is 11.7 Å². The molecule has 0 saturated carbocycles. The van der Waals surface area contributed by atoms with Crippen molar-refractivity contribution in [2.24, 2.45) is 0 Å². The maximum Gasteiger partial charge on any atom is 0.244 e. The first-order valence-electron chi connectivity index (χ1n) is 5.92. The molecular weight excluding hydrogens is 216 g/mol. The van der Waals surface area contributed by atoms with Crippen molar-refractivity contribution in [1.29, 1.82) is 0 Å². The molecule has 1 aliphatic heterocycles. The molecule has 0 bridgehead atoms. The van der Waals surface area contributed by atoms with Gasteiger partial charge in [-0.05, 0) is 31.5 Å². The number of hydrogen-bond donors (Lipinski definition) is 1. The molecule has 1 saturated heterocycles. The molecule has 1 aliphatic rings. The lowest BCUT2D eigenvalue weighted by Gasteiger charge is -2.19. The van der Waals surface area contributed by atoms with Crippen LogP contribution in [0.15, 0.2) is 28.9 Å². The number of rotatable bonds is 2. The highest BCUT2D eigenvalue weighted by Crippen LogP contribution is 2.23. The molecule has 0 amide bonds. The molecule has 1 N–H and O–H groups in total. The van der Waals surface area contributed by atoms with Gasteiger partial charge in [-0.3, -0.25) is 4.98 Å². The summed E-state index contributed by atoms with van der Waals surface area (Å²) in [4.78, 5) is 8.60. The van der Waals surface area contributed by atoms with Gasteiger partial charge in [0.05, 0.1) is 6.04 Å². The van der Waals surface area contributed by atoms with Gasteiger partial charge in [-0.2, -0.15) is 4.98 Å². The predicted molar refractivity (Wildman–Crippen MR) is 62.1 cm³/mol. The molecule has 3 rings (SSSR count). The molecule has 5 heteroatoms. The molecule has 0 unspecified atom stereocenters. The third-order valence-corrected chi connectivity index (χ3v) is 2.94. The molecule has 1 atom stereocenters. The van der Waals surface area contributed by atoms with E-state index < -0.39 is 0 Å². The molecular formula is C12H14N4O. The van der Waals surface area contributed by atoms with Gasteiger partial charge in [-0.15, -0.1) is 0 Å². The zero-order valence-electron chi connectivity index (χ0n) is 9.47. The molecule has 3 heterocycles. The van der Waals surface area contributed by atoms with E-state index in [9.17, 15) is 0 Å². The van der Waals surface area contributed by atoms with Crippen LogP contribution in [0.4, 0.5) is 0 Å². The molecule has 2 aromatic rings. The van der Waals surface area contributed by atoms with Crippen LogP contribution in [0.1, 0.15) is 31.2 Å². The third-order valence-electron chi connectivity index (χ3n) is 2.94. The summed E-state index contributed by atoms with van der Waals surface area (Å²) in [6.07, 6.45) is 5.21. The summed E-state index contributed by atoms with van der Waals surface area (Å²) in [5.41, 5.74) is 0.748. The first-order valence-corrected chi connectivity index (χ1v) is 5.92. The molecule has 0 aliphatic carbocycles. The number of aromatic nitrogens is 3. The molecule has 2 aromatic heterocycles. The summed E-state index contributed by atoms with van der Waals surface area (Å²) < 4.78 is 5.29. The van der Waals surface area contributed by atoms with E-state index in [0.29, 0.717) is 11.7 Å². The predicted octanol–water partition coefficient (Wildman–Crippen LogP) is 1.95. The molecule has 0 radical (unpaired) electrons. The Morgan fingerprint density at radius 3 is 3.06 bits per heavy atom. The van der Waals surface area contributed by atoms with Gasteiger partial charge in [0.15, 0.2) is 0 Å². The van der Waals surface area contributed by atoms with Gasteiger partial charge in [-0.25, -0.2) is 0 Å². The minimum atomic E-state index is 0.203. The third kappa shape index (κ3) is 2.19. The average molecular weight is 230 g/mol. The molecule has 0 aromatic carbocycles. The second-order valence-electron chi connectivity index (χ2n) is 4.17. The van der Waals surface area contributed by atoms with E-state index >= 15 is 0 Å². The van der Waals surface area contributed by atoms with E-state index in [4.69, 9.17) is 4.52 Å². The average Bonchev–Trinajstić information content (AvgIpc) is 2.90. The quantitative estimate of drug-likeness (QED) is 0.854.